The van der Waals surface area contributed by atoms with Crippen LogP contribution < -0.4 is 4.72 Å². The Labute approximate surface area is 94.7 Å². The van der Waals surface area contributed by atoms with Gasteiger partial charge in [0.25, 0.3) is 0 Å². The summed E-state index contributed by atoms with van der Waals surface area (Å²) in [5.74, 6) is 0.00932. The van der Waals surface area contributed by atoms with Gasteiger partial charge >= 0.3 is 0 Å². The molecule has 0 aliphatic heterocycles. The number of nitrogens with one attached hydrogen (secondary N) is 1. The third kappa shape index (κ3) is 2.25. The Morgan fingerprint density at radius 2 is 2.06 bits per heavy atom. The zero-order valence-corrected chi connectivity index (χ0v) is 10.0. The van der Waals surface area contributed by atoms with Crippen molar-refractivity contribution in [2.24, 2.45) is 5.92 Å². The van der Waals surface area contributed by atoms with Gasteiger partial charge in [0, 0.05) is 6.04 Å². The van der Waals surface area contributed by atoms with Gasteiger partial charge in [0.05, 0.1) is 4.90 Å². The summed E-state index contributed by atoms with van der Waals surface area (Å²) in [5.41, 5.74) is 0.340. The molecule has 1 aliphatic rings. The van der Waals surface area contributed by atoms with Crippen molar-refractivity contribution in [2.75, 3.05) is 0 Å². The molecule has 0 bridgehead atoms. The fraction of sp³-hybridized carbons (Fsp3) is 0.455. The van der Waals surface area contributed by atoms with E-state index in [2.05, 4.69) is 4.72 Å². The van der Waals surface area contributed by atoms with Crippen molar-refractivity contribution < 1.29 is 12.8 Å². The van der Waals surface area contributed by atoms with Gasteiger partial charge in [0.15, 0.2) is 0 Å². The van der Waals surface area contributed by atoms with Crippen LogP contribution in [0.25, 0.3) is 0 Å². The minimum absolute atomic E-state index is 0.0374. The molecule has 2 rings (SSSR count). The quantitative estimate of drug-likeness (QED) is 0.880. The van der Waals surface area contributed by atoms with Crippen molar-refractivity contribution >= 4 is 10.0 Å². The molecule has 1 N–H and O–H groups in total. The highest BCUT2D eigenvalue weighted by molar-refractivity contribution is 7.89. The lowest BCUT2D eigenvalue weighted by Crippen LogP contribution is -2.26. The monoisotopic (exact) mass is 243 g/mol. The summed E-state index contributed by atoms with van der Waals surface area (Å²) in [5, 5.41) is 0. The summed E-state index contributed by atoms with van der Waals surface area (Å²) in [4.78, 5) is 0.130. The van der Waals surface area contributed by atoms with Gasteiger partial charge in [-0.1, -0.05) is 6.92 Å². The predicted octanol–water partition coefficient (Wildman–Crippen LogP) is 1.82. The second kappa shape index (κ2) is 3.82. The van der Waals surface area contributed by atoms with E-state index < -0.39 is 15.8 Å². The average Bonchev–Trinajstić information content (AvgIpc) is 2.85. The first kappa shape index (κ1) is 11.5. The van der Waals surface area contributed by atoms with Crippen molar-refractivity contribution in [1.82, 2.24) is 4.72 Å². The van der Waals surface area contributed by atoms with Crippen LogP contribution in [0.3, 0.4) is 0 Å². The molecule has 5 heteroatoms. The number of aryl methyl sites for hydroxylation is 1. The molecule has 2 atom stereocenters. The molecule has 16 heavy (non-hydrogen) atoms. The van der Waals surface area contributed by atoms with E-state index in [1.54, 1.807) is 6.92 Å². The van der Waals surface area contributed by atoms with Crippen molar-refractivity contribution in [3.05, 3.63) is 29.6 Å². The highest BCUT2D eigenvalue weighted by atomic mass is 32.2. The third-order valence-corrected chi connectivity index (χ3v) is 4.34. The van der Waals surface area contributed by atoms with Crippen molar-refractivity contribution in [2.45, 2.75) is 31.2 Å². The number of sulfonamides is 1. The van der Waals surface area contributed by atoms with Crippen LogP contribution in [-0.4, -0.2) is 14.5 Å². The number of halogens is 1. The van der Waals surface area contributed by atoms with Gasteiger partial charge in [-0.15, -0.1) is 0 Å². The van der Waals surface area contributed by atoms with Gasteiger partial charge in [-0.3, -0.25) is 0 Å². The molecule has 1 aromatic rings. The Hall–Kier alpha value is -0.940. The molecule has 2 unspecified atom stereocenters. The van der Waals surface area contributed by atoms with Crippen LogP contribution in [-0.2, 0) is 10.0 Å². The minimum Gasteiger partial charge on any atom is -0.208 e. The largest absolute Gasteiger partial charge is 0.240 e. The summed E-state index contributed by atoms with van der Waals surface area (Å²) >= 11 is 0. The zero-order valence-electron chi connectivity index (χ0n) is 9.20. The summed E-state index contributed by atoms with van der Waals surface area (Å²) < 4.78 is 39.3. The highest BCUT2D eigenvalue weighted by Crippen LogP contribution is 2.30. The molecule has 1 aliphatic carbocycles. The van der Waals surface area contributed by atoms with Crippen LogP contribution in [0.1, 0.15) is 18.9 Å². The lowest BCUT2D eigenvalue weighted by molar-refractivity contribution is 0.577. The maximum absolute atomic E-state index is 13.0. The van der Waals surface area contributed by atoms with E-state index in [0.717, 1.165) is 6.42 Å². The van der Waals surface area contributed by atoms with Crippen LogP contribution in [0.15, 0.2) is 23.1 Å². The fourth-order valence-corrected chi connectivity index (χ4v) is 2.98. The van der Waals surface area contributed by atoms with Crippen LogP contribution in [0, 0.1) is 18.7 Å². The topological polar surface area (TPSA) is 46.2 Å². The summed E-state index contributed by atoms with van der Waals surface area (Å²) in [6.07, 6.45) is 0.874. The van der Waals surface area contributed by atoms with Gasteiger partial charge < -0.3 is 0 Å². The molecule has 1 fully saturated rings. The molecule has 88 valence electrons. The smallest absolute Gasteiger partial charge is 0.208 e. The van der Waals surface area contributed by atoms with E-state index in [9.17, 15) is 12.8 Å². The molecule has 3 nitrogen and oxygen atoms in total. The van der Waals surface area contributed by atoms with Gasteiger partial charge in [-0.05, 0) is 43.0 Å². The number of rotatable bonds is 3. The first-order valence-corrected chi connectivity index (χ1v) is 6.67. The maximum Gasteiger partial charge on any atom is 0.240 e. The zero-order chi connectivity index (χ0) is 11.9. The average molecular weight is 243 g/mol. The second-order valence-corrected chi connectivity index (χ2v) is 6.07. The normalized spacial score (nSPS) is 24.4. The Kier molecular flexibility index (Phi) is 2.75. The summed E-state index contributed by atoms with van der Waals surface area (Å²) in [6, 6.07) is 3.86. The minimum atomic E-state index is -3.49. The van der Waals surface area contributed by atoms with E-state index >= 15 is 0 Å². The van der Waals surface area contributed by atoms with E-state index in [1.165, 1.54) is 18.2 Å². The number of hydrogen-bond donors (Lipinski definition) is 1. The van der Waals surface area contributed by atoms with Gasteiger partial charge in [-0.25, -0.2) is 17.5 Å². The standard InChI is InChI=1S/C11H14FNO2S/c1-7-5-9(3-4-10(7)12)16(14,15)13-11-6-8(11)2/h3-5,8,11,13H,6H2,1-2H3. The lowest BCUT2D eigenvalue weighted by Gasteiger charge is -2.06. The Morgan fingerprint density at radius 1 is 1.44 bits per heavy atom. The molecular formula is C11H14FNO2S. The van der Waals surface area contributed by atoms with Gasteiger partial charge in [-0.2, -0.15) is 0 Å². The van der Waals surface area contributed by atoms with E-state index in [0.29, 0.717) is 11.5 Å². The SMILES string of the molecule is Cc1cc(S(=O)(=O)NC2CC2C)ccc1F. The van der Waals surface area contributed by atoms with Crippen molar-refractivity contribution in [1.29, 1.82) is 0 Å². The molecule has 1 saturated carbocycles. The number of benzene rings is 1. The first-order chi connectivity index (χ1) is 7.40. The lowest BCUT2D eigenvalue weighted by atomic mass is 10.2. The maximum atomic E-state index is 13.0. The molecule has 0 aromatic heterocycles. The molecule has 0 saturated heterocycles. The second-order valence-electron chi connectivity index (χ2n) is 4.35. The van der Waals surface area contributed by atoms with Crippen LogP contribution in [0.2, 0.25) is 0 Å². The fourth-order valence-electron chi connectivity index (χ4n) is 1.54. The van der Waals surface area contributed by atoms with Crippen LogP contribution in [0.4, 0.5) is 4.39 Å². The van der Waals surface area contributed by atoms with E-state index in [-0.39, 0.29) is 10.9 Å². The molecule has 1 aromatic carbocycles. The highest BCUT2D eigenvalue weighted by Gasteiger charge is 2.36. The Bertz CT molecular complexity index is 513. The third-order valence-electron chi connectivity index (χ3n) is 2.86. The summed E-state index contributed by atoms with van der Waals surface area (Å²) in [6.45, 7) is 3.54. The number of hydrogen-bond acceptors (Lipinski definition) is 2. The van der Waals surface area contributed by atoms with Crippen molar-refractivity contribution in [3.8, 4) is 0 Å². The van der Waals surface area contributed by atoms with E-state index in [1.807, 2.05) is 6.92 Å². The van der Waals surface area contributed by atoms with Crippen LogP contribution in [0.5, 0.6) is 0 Å². The van der Waals surface area contributed by atoms with Gasteiger partial charge in [0.2, 0.25) is 10.0 Å². The Balaban J connectivity index is 2.25. The summed E-state index contributed by atoms with van der Waals surface area (Å²) in [7, 11) is -3.49. The molecule has 0 spiro atoms. The predicted molar refractivity (Wildman–Crippen MR) is 59.0 cm³/mol. The van der Waals surface area contributed by atoms with Crippen molar-refractivity contribution in [3.63, 3.8) is 0 Å². The van der Waals surface area contributed by atoms with E-state index in [4.69, 9.17) is 0 Å². The molecular weight excluding hydrogens is 229 g/mol. The molecule has 0 heterocycles. The van der Waals surface area contributed by atoms with Crippen LogP contribution >= 0.6 is 0 Å². The molecule has 0 amide bonds. The van der Waals surface area contributed by atoms with Gasteiger partial charge in [0.1, 0.15) is 5.82 Å². The first-order valence-electron chi connectivity index (χ1n) is 5.18. The Morgan fingerprint density at radius 3 is 2.56 bits per heavy atom. The molecule has 0 radical (unpaired) electrons.